The summed E-state index contributed by atoms with van der Waals surface area (Å²) in [5, 5.41) is 3.20. The molecule has 7 nitrogen and oxygen atoms in total. The van der Waals surface area contributed by atoms with E-state index in [-0.39, 0.29) is 18.4 Å². The van der Waals surface area contributed by atoms with Gasteiger partial charge in [-0.25, -0.2) is 4.79 Å². The van der Waals surface area contributed by atoms with Crippen LogP contribution in [-0.2, 0) is 20.9 Å². The van der Waals surface area contributed by atoms with Crippen LogP contribution in [0.2, 0.25) is 0 Å². The summed E-state index contributed by atoms with van der Waals surface area (Å²) >= 11 is 0. The van der Waals surface area contributed by atoms with Gasteiger partial charge in [-0.05, 0) is 62.4 Å². The van der Waals surface area contributed by atoms with Crippen LogP contribution in [0.3, 0.4) is 0 Å². The third-order valence-electron chi connectivity index (χ3n) is 5.32. The Labute approximate surface area is 186 Å². The van der Waals surface area contributed by atoms with E-state index in [0.29, 0.717) is 12.5 Å². The fraction of sp³-hybridized carbons (Fsp3) is 0.542. The van der Waals surface area contributed by atoms with E-state index in [1.165, 1.54) is 23.5 Å². The average molecular weight is 432 g/mol. The molecule has 1 rings (SSSR count). The highest BCUT2D eigenvalue weighted by molar-refractivity contribution is 5.99. The normalized spacial score (nSPS) is 11.5. The number of carbonyl (C=O) groups excluding carboxylic acids is 3. The Morgan fingerprint density at radius 1 is 1.10 bits per heavy atom. The molecule has 1 aromatic rings. The number of primary amides is 1. The molecule has 0 heterocycles. The van der Waals surface area contributed by atoms with E-state index in [4.69, 9.17) is 10.5 Å². The number of unbranched alkanes of at least 4 members (excludes halogenated alkanes) is 3. The third-order valence-corrected chi connectivity index (χ3v) is 5.32. The van der Waals surface area contributed by atoms with Crippen molar-refractivity contribution in [3.05, 3.63) is 48.0 Å². The standard InChI is InChI=1S/C24H37N3O4/c1-4-23(29)27(19(2)28)17-8-6-5-7-10-21(11-9-16-26-3)22-14-12-20(13-15-22)18-31-24(25)30/h4,12-15,21,26H,1,5-11,16-18H2,2-3H3,(H2,25,30). The summed E-state index contributed by atoms with van der Waals surface area (Å²) in [5.74, 6) is -0.100. The van der Waals surface area contributed by atoms with Crippen LogP contribution in [-0.4, -0.2) is 42.9 Å². The minimum absolute atomic E-state index is 0.186. The topological polar surface area (TPSA) is 102 Å². The highest BCUT2D eigenvalue weighted by Gasteiger charge is 2.15. The van der Waals surface area contributed by atoms with Crippen LogP contribution in [0.25, 0.3) is 0 Å². The number of rotatable bonds is 15. The summed E-state index contributed by atoms with van der Waals surface area (Å²) in [6.45, 7) is 6.47. The molecule has 0 fully saturated rings. The molecule has 0 spiro atoms. The van der Waals surface area contributed by atoms with Crippen molar-refractivity contribution in [2.75, 3.05) is 20.1 Å². The second-order valence-electron chi connectivity index (χ2n) is 7.71. The number of carbonyl (C=O) groups is 3. The van der Waals surface area contributed by atoms with Gasteiger partial charge in [-0.15, -0.1) is 0 Å². The van der Waals surface area contributed by atoms with E-state index < -0.39 is 6.09 Å². The molecule has 7 heteroatoms. The fourth-order valence-corrected chi connectivity index (χ4v) is 3.59. The molecule has 172 valence electrons. The van der Waals surface area contributed by atoms with Crippen molar-refractivity contribution in [1.82, 2.24) is 10.2 Å². The largest absolute Gasteiger partial charge is 0.445 e. The number of nitrogens with two attached hydrogens (primary N) is 1. The van der Waals surface area contributed by atoms with Crippen molar-refractivity contribution in [2.24, 2.45) is 5.73 Å². The van der Waals surface area contributed by atoms with E-state index in [9.17, 15) is 14.4 Å². The zero-order valence-corrected chi connectivity index (χ0v) is 18.9. The van der Waals surface area contributed by atoms with Crippen molar-refractivity contribution < 1.29 is 19.1 Å². The van der Waals surface area contributed by atoms with Gasteiger partial charge in [0.05, 0.1) is 0 Å². The number of imide groups is 1. The molecule has 1 unspecified atom stereocenters. The van der Waals surface area contributed by atoms with E-state index in [1.54, 1.807) is 0 Å². The zero-order valence-electron chi connectivity index (χ0n) is 18.9. The molecule has 0 aliphatic rings. The van der Waals surface area contributed by atoms with Gasteiger partial charge < -0.3 is 15.8 Å². The summed E-state index contributed by atoms with van der Waals surface area (Å²) in [5.41, 5.74) is 7.23. The predicted octanol–water partition coefficient (Wildman–Crippen LogP) is 3.88. The predicted molar refractivity (Wildman–Crippen MR) is 122 cm³/mol. The fourth-order valence-electron chi connectivity index (χ4n) is 3.59. The summed E-state index contributed by atoms with van der Waals surface area (Å²) in [7, 11) is 1.96. The van der Waals surface area contributed by atoms with Gasteiger partial charge in [-0.2, -0.15) is 0 Å². The Balaban J connectivity index is 2.50. The van der Waals surface area contributed by atoms with E-state index in [2.05, 4.69) is 24.0 Å². The van der Waals surface area contributed by atoms with Crippen LogP contribution in [0.15, 0.2) is 36.9 Å². The maximum Gasteiger partial charge on any atom is 0.404 e. The molecule has 1 atom stereocenters. The molecule has 0 aliphatic heterocycles. The molecule has 3 amide bonds. The maximum absolute atomic E-state index is 11.7. The second kappa shape index (κ2) is 15.2. The summed E-state index contributed by atoms with van der Waals surface area (Å²) in [6, 6.07) is 8.18. The first-order valence-electron chi connectivity index (χ1n) is 11.0. The molecule has 31 heavy (non-hydrogen) atoms. The van der Waals surface area contributed by atoms with Gasteiger partial charge in [0.2, 0.25) is 5.91 Å². The van der Waals surface area contributed by atoms with Gasteiger partial charge in [0.1, 0.15) is 6.61 Å². The van der Waals surface area contributed by atoms with Gasteiger partial charge >= 0.3 is 6.09 Å². The van der Waals surface area contributed by atoms with Crippen LogP contribution in [0.1, 0.15) is 68.9 Å². The Hall–Kier alpha value is -2.67. The monoisotopic (exact) mass is 431 g/mol. The van der Waals surface area contributed by atoms with Gasteiger partial charge in [0.25, 0.3) is 5.91 Å². The van der Waals surface area contributed by atoms with Crippen LogP contribution >= 0.6 is 0 Å². The first-order valence-corrected chi connectivity index (χ1v) is 11.0. The molecule has 0 aromatic heterocycles. The number of hydrogen-bond acceptors (Lipinski definition) is 5. The number of hydrogen-bond donors (Lipinski definition) is 2. The molecule has 0 radical (unpaired) electrons. The van der Waals surface area contributed by atoms with Crippen molar-refractivity contribution in [3.8, 4) is 0 Å². The van der Waals surface area contributed by atoms with Crippen LogP contribution in [0.5, 0.6) is 0 Å². The molecule has 0 saturated carbocycles. The Kier molecular flexibility index (Phi) is 12.9. The highest BCUT2D eigenvalue weighted by atomic mass is 16.5. The van der Waals surface area contributed by atoms with Crippen LogP contribution in [0.4, 0.5) is 4.79 Å². The summed E-state index contributed by atoms with van der Waals surface area (Å²) in [6.07, 6.45) is 7.63. The Morgan fingerprint density at radius 3 is 2.32 bits per heavy atom. The van der Waals surface area contributed by atoms with Crippen LogP contribution < -0.4 is 11.1 Å². The summed E-state index contributed by atoms with van der Waals surface area (Å²) in [4.78, 5) is 35.3. The Morgan fingerprint density at radius 2 is 1.74 bits per heavy atom. The molecule has 0 bridgehead atoms. The lowest BCUT2D eigenvalue weighted by atomic mass is 9.88. The van der Waals surface area contributed by atoms with E-state index >= 15 is 0 Å². The van der Waals surface area contributed by atoms with E-state index in [1.807, 2.05) is 19.2 Å². The third kappa shape index (κ3) is 10.8. The molecular formula is C24H37N3O4. The smallest absolute Gasteiger partial charge is 0.404 e. The van der Waals surface area contributed by atoms with Gasteiger partial charge in [0, 0.05) is 13.5 Å². The molecular weight excluding hydrogens is 394 g/mol. The lowest BCUT2D eigenvalue weighted by molar-refractivity contribution is -0.140. The first-order chi connectivity index (χ1) is 14.9. The Bertz CT molecular complexity index is 703. The number of nitrogens with zero attached hydrogens (tertiary/aromatic N) is 1. The van der Waals surface area contributed by atoms with Gasteiger partial charge in [0.15, 0.2) is 0 Å². The molecule has 0 aliphatic carbocycles. The van der Waals surface area contributed by atoms with Gasteiger partial charge in [-0.1, -0.05) is 50.1 Å². The molecule has 3 N–H and O–H groups in total. The van der Waals surface area contributed by atoms with Gasteiger partial charge in [-0.3, -0.25) is 14.5 Å². The lowest BCUT2D eigenvalue weighted by Gasteiger charge is -2.19. The minimum atomic E-state index is -0.769. The molecule has 1 aromatic carbocycles. The van der Waals surface area contributed by atoms with Crippen molar-refractivity contribution >= 4 is 17.9 Å². The number of benzene rings is 1. The number of ether oxygens (including phenoxy) is 1. The maximum atomic E-state index is 11.7. The quantitative estimate of drug-likeness (QED) is 0.324. The highest BCUT2D eigenvalue weighted by Crippen LogP contribution is 2.28. The lowest BCUT2D eigenvalue weighted by Crippen LogP contribution is -2.34. The SMILES string of the molecule is C=CC(=O)N(CCCCCCC(CCCNC)c1ccc(COC(N)=O)cc1)C(C)=O. The molecule has 0 saturated heterocycles. The minimum Gasteiger partial charge on any atom is -0.445 e. The second-order valence-corrected chi connectivity index (χ2v) is 7.71. The van der Waals surface area contributed by atoms with Crippen molar-refractivity contribution in [2.45, 2.75) is 64.4 Å². The van der Waals surface area contributed by atoms with E-state index in [0.717, 1.165) is 57.1 Å². The first kappa shape index (κ1) is 26.4. The average Bonchev–Trinajstić information content (AvgIpc) is 2.75. The van der Waals surface area contributed by atoms with Crippen molar-refractivity contribution in [1.29, 1.82) is 0 Å². The zero-order chi connectivity index (χ0) is 23.1. The number of nitrogens with one attached hydrogen (secondary N) is 1. The number of amides is 3. The van der Waals surface area contributed by atoms with Crippen molar-refractivity contribution in [3.63, 3.8) is 0 Å². The van der Waals surface area contributed by atoms with Crippen LogP contribution in [0, 0.1) is 0 Å². The summed E-state index contributed by atoms with van der Waals surface area (Å²) < 4.78 is 4.84.